The molecular weight excluding hydrogens is 238 g/mol. The van der Waals surface area contributed by atoms with Crippen LogP contribution in [0.1, 0.15) is 30.8 Å². The van der Waals surface area contributed by atoms with Crippen LogP contribution in [-0.4, -0.2) is 39.2 Å². The van der Waals surface area contributed by atoms with E-state index in [0.29, 0.717) is 11.7 Å². The fraction of sp³-hybridized carbons (Fsp3) is 0.667. The van der Waals surface area contributed by atoms with Gasteiger partial charge in [-0.05, 0) is 32.4 Å². The number of likely N-dealkylation sites (tertiary alicyclic amines) is 1. The van der Waals surface area contributed by atoms with E-state index in [9.17, 15) is 5.11 Å². The van der Waals surface area contributed by atoms with Gasteiger partial charge < -0.3 is 5.11 Å². The molecule has 1 aromatic heterocycles. The van der Waals surface area contributed by atoms with Gasteiger partial charge in [0.1, 0.15) is 11.0 Å². The van der Waals surface area contributed by atoms with Crippen molar-refractivity contribution in [2.24, 2.45) is 0 Å². The number of aromatic nitrogens is 2. The van der Waals surface area contributed by atoms with E-state index in [1.807, 2.05) is 6.92 Å². The number of hydrogen-bond acceptors (Lipinski definition) is 4. The molecule has 0 spiro atoms. The maximum absolute atomic E-state index is 9.34. The second-order valence-corrected chi connectivity index (χ2v) is 4.94. The van der Waals surface area contributed by atoms with Crippen LogP contribution in [0.2, 0.25) is 5.15 Å². The summed E-state index contributed by atoms with van der Waals surface area (Å²) in [5.41, 5.74) is 0.887. The summed E-state index contributed by atoms with van der Waals surface area (Å²) in [4.78, 5) is 10.9. The molecule has 0 amide bonds. The zero-order valence-corrected chi connectivity index (χ0v) is 10.8. The van der Waals surface area contributed by atoms with E-state index >= 15 is 0 Å². The minimum atomic E-state index is 0.208. The first-order valence-corrected chi connectivity index (χ1v) is 6.42. The van der Waals surface area contributed by atoms with Crippen LogP contribution >= 0.6 is 11.6 Å². The van der Waals surface area contributed by atoms with Gasteiger partial charge in [-0.2, -0.15) is 0 Å². The van der Waals surface area contributed by atoms with Crippen LogP contribution in [-0.2, 0) is 6.54 Å². The highest BCUT2D eigenvalue weighted by Gasteiger charge is 2.22. The van der Waals surface area contributed by atoms with Gasteiger partial charge in [-0.1, -0.05) is 18.0 Å². The highest BCUT2D eigenvalue weighted by Crippen LogP contribution is 2.18. The molecule has 1 aliphatic rings. The largest absolute Gasteiger partial charge is 0.395 e. The van der Waals surface area contributed by atoms with E-state index in [2.05, 4.69) is 14.9 Å². The molecule has 1 aliphatic heterocycles. The van der Waals surface area contributed by atoms with E-state index in [1.54, 1.807) is 6.07 Å². The maximum atomic E-state index is 9.34. The average molecular weight is 256 g/mol. The molecule has 4 nitrogen and oxygen atoms in total. The SMILES string of the molecule is Cc1cc(Cl)nc(CN2CCCCC2CO)n1. The van der Waals surface area contributed by atoms with E-state index in [4.69, 9.17) is 11.6 Å². The first-order chi connectivity index (χ1) is 8.19. The summed E-state index contributed by atoms with van der Waals surface area (Å²) in [7, 11) is 0. The van der Waals surface area contributed by atoms with E-state index < -0.39 is 0 Å². The van der Waals surface area contributed by atoms with Gasteiger partial charge >= 0.3 is 0 Å². The van der Waals surface area contributed by atoms with Crippen molar-refractivity contribution in [3.05, 3.63) is 22.7 Å². The summed E-state index contributed by atoms with van der Waals surface area (Å²) >= 11 is 5.92. The number of hydrogen-bond donors (Lipinski definition) is 1. The van der Waals surface area contributed by atoms with Crippen LogP contribution in [0.3, 0.4) is 0 Å². The third-order valence-electron chi connectivity index (χ3n) is 3.17. The standard InChI is InChI=1S/C12H18ClN3O/c1-9-6-11(13)15-12(14-9)7-16-5-3-2-4-10(16)8-17/h6,10,17H,2-5,7-8H2,1H3. The van der Waals surface area contributed by atoms with Gasteiger partial charge in [-0.15, -0.1) is 0 Å². The first kappa shape index (κ1) is 12.7. The molecule has 1 atom stereocenters. The Kier molecular flexibility index (Phi) is 4.31. The molecule has 5 heteroatoms. The van der Waals surface area contributed by atoms with Crippen LogP contribution < -0.4 is 0 Å². The Bertz CT molecular complexity index is 366. The molecule has 0 aromatic carbocycles. The highest BCUT2D eigenvalue weighted by atomic mass is 35.5. The Labute approximate surface area is 107 Å². The Hall–Kier alpha value is -0.710. The molecule has 0 radical (unpaired) electrons. The Morgan fingerprint density at radius 3 is 3.00 bits per heavy atom. The summed E-state index contributed by atoms with van der Waals surface area (Å²) in [6, 6.07) is 2.00. The molecule has 2 heterocycles. The molecule has 2 rings (SSSR count). The van der Waals surface area contributed by atoms with Gasteiger partial charge in [0.05, 0.1) is 13.2 Å². The molecular formula is C12H18ClN3O. The Morgan fingerprint density at radius 1 is 1.47 bits per heavy atom. The molecule has 1 unspecified atom stereocenters. The van der Waals surface area contributed by atoms with Crippen LogP contribution in [0.15, 0.2) is 6.07 Å². The fourth-order valence-electron chi connectivity index (χ4n) is 2.32. The summed E-state index contributed by atoms with van der Waals surface area (Å²) in [5.74, 6) is 0.746. The normalized spacial score (nSPS) is 21.7. The summed E-state index contributed by atoms with van der Waals surface area (Å²) in [6.07, 6.45) is 3.42. The van der Waals surface area contributed by atoms with Crippen molar-refractivity contribution in [2.75, 3.05) is 13.2 Å². The van der Waals surface area contributed by atoms with Crippen LogP contribution in [0, 0.1) is 6.92 Å². The zero-order valence-electron chi connectivity index (χ0n) is 10.1. The van der Waals surface area contributed by atoms with Crippen molar-refractivity contribution in [1.29, 1.82) is 0 Å². The highest BCUT2D eigenvalue weighted by molar-refractivity contribution is 6.29. The molecule has 0 aliphatic carbocycles. The number of nitrogens with zero attached hydrogens (tertiary/aromatic N) is 3. The van der Waals surface area contributed by atoms with Crippen molar-refractivity contribution in [2.45, 2.75) is 38.8 Å². The average Bonchev–Trinajstić information content (AvgIpc) is 2.28. The first-order valence-electron chi connectivity index (χ1n) is 6.04. The fourth-order valence-corrected chi connectivity index (χ4v) is 2.57. The second kappa shape index (κ2) is 5.76. The minimum absolute atomic E-state index is 0.208. The molecule has 1 fully saturated rings. The van der Waals surface area contributed by atoms with Gasteiger partial charge in [0.25, 0.3) is 0 Å². The Balaban J connectivity index is 2.08. The predicted molar refractivity (Wildman–Crippen MR) is 66.9 cm³/mol. The summed E-state index contributed by atoms with van der Waals surface area (Å²) in [6.45, 7) is 3.79. The van der Waals surface area contributed by atoms with Gasteiger partial charge in [0, 0.05) is 11.7 Å². The van der Waals surface area contributed by atoms with Gasteiger partial charge in [-0.3, -0.25) is 4.90 Å². The van der Waals surface area contributed by atoms with Crippen molar-refractivity contribution < 1.29 is 5.11 Å². The van der Waals surface area contributed by atoms with Gasteiger partial charge in [-0.25, -0.2) is 9.97 Å². The molecule has 1 aromatic rings. The van der Waals surface area contributed by atoms with Crippen molar-refractivity contribution in [1.82, 2.24) is 14.9 Å². The number of halogens is 1. The third-order valence-corrected chi connectivity index (χ3v) is 3.37. The number of piperidine rings is 1. The topological polar surface area (TPSA) is 49.2 Å². The molecule has 94 valence electrons. The van der Waals surface area contributed by atoms with Crippen LogP contribution in [0.4, 0.5) is 0 Å². The number of rotatable bonds is 3. The molecule has 17 heavy (non-hydrogen) atoms. The minimum Gasteiger partial charge on any atom is -0.395 e. The van der Waals surface area contributed by atoms with Crippen molar-refractivity contribution in [3.63, 3.8) is 0 Å². The lowest BCUT2D eigenvalue weighted by atomic mass is 10.0. The lowest BCUT2D eigenvalue weighted by molar-refractivity contribution is 0.0819. The van der Waals surface area contributed by atoms with Gasteiger partial charge in [0.2, 0.25) is 0 Å². The maximum Gasteiger partial charge on any atom is 0.144 e. The second-order valence-electron chi connectivity index (χ2n) is 4.55. The quantitative estimate of drug-likeness (QED) is 0.837. The monoisotopic (exact) mass is 255 g/mol. The third kappa shape index (κ3) is 3.37. The van der Waals surface area contributed by atoms with E-state index in [1.165, 1.54) is 12.8 Å². The number of aryl methyl sites for hydroxylation is 1. The molecule has 1 N–H and O–H groups in total. The lowest BCUT2D eigenvalue weighted by Gasteiger charge is -2.33. The summed E-state index contributed by atoms with van der Waals surface area (Å²) in [5, 5.41) is 9.83. The Morgan fingerprint density at radius 2 is 2.29 bits per heavy atom. The summed E-state index contributed by atoms with van der Waals surface area (Å²) < 4.78 is 0. The molecule has 0 saturated carbocycles. The predicted octanol–water partition coefficient (Wildman–Crippen LogP) is 1.79. The molecule has 1 saturated heterocycles. The zero-order chi connectivity index (χ0) is 12.3. The number of aliphatic hydroxyl groups excluding tert-OH is 1. The van der Waals surface area contributed by atoms with Crippen molar-refractivity contribution in [3.8, 4) is 0 Å². The van der Waals surface area contributed by atoms with Crippen LogP contribution in [0.25, 0.3) is 0 Å². The smallest absolute Gasteiger partial charge is 0.144 e. The lowest BCUT2D eigenvalue weighted by Crippen LogP contribution is -2.41. The van der Waals surface area contributed by atoms with E-state index in [0.717, 1.165) is 24.5 Å². The van der Waals surface area contributed by atoms with Crippen LogP contribution in [0.5, 0.6) is 0 Å². The van der Waals surface area contributed by atoms with Gasteiger partial charge in [0.15, 0.2) is 0 Å². The van der Waals surface area contributed by atoms with E-state index in [-0.39, 0.29) is 12.6 Å². The number of aliphatic hydroxyl groups is 1. The molecule has 0 bridgehead atoms. The van der Waals surface area contributed by atoms with Crippen molar-refractivity contribution >= 4 is 11.6 Å².